The highest BCUT2D eigenvalue weighted by Crippen LogP contribution is 2.65. The van der Waals surface area contributed by atoms with E-state index >= 15 is 0 Å². The highest BCUT2D eigenvalue weighted by Gasteiger charge is 2.53. The summed E-state index contributed by atoms with van der Waals surface area (Å²) < 4.78 is 4.95. The summed E-state index contributed by atoms with van der Waals surface area (Å²) in [6, 6.07) is 84.3. The first-order valence-electron chi connectivity index (χ1n) is 23.1. The molecule has 3 aromatic heterocycles. The Morgan fingerprint density at radius 3 is 1.52 bits per heavy atom. The van der Waals surface area contributed by atoms with Crippen molar-refractivity contribution < 1.29 is 0 Å². The largest absolute Gasteiger partial charge is 0.309 e. The summed E-state index contributed by atoms with van der Waals surface area (Å²) in [6.07, 6.45) is 0. The number of rotatable bonds is 4. The molecule has 4 heteroatoms. The first-order valence-corrected chi connectivity index (χ1v) is 23.1. The van der Waals surface area contributed by atoms with Crippen LogP contribution >= 0.6 is 0 Å². The van der Waals surface area contributed by atoms with Crippen LogP contribution in [0.25, 0.3) is 111 Å². The molecule has 3 heterocycles. The van der Waals surface area contributed by atoms with Crippen molar-refractivity contribution in [2.45, 2.75) is 5.41 Å². The maximum absolute atomic E-state index is 5.48. The van der Waals surface area contributed by atoms with Gasteiger partial charge in [0.2, 0.25) is 0 Å². The Kier molecular flexibility index (Phi) is 7.40. The first kappa shape index (κ1) is 36.5. The summed E-state index contributed by atoms with van der Waals surface area (Å²) in [5, 5.41) is 7.35. The van der Waals surface area contributed by atoms with Crippen LogP contribution in [-0.4, -0.2) is 19.1 Å². The van der Waals surface area contributed by atoms with E-state index in [0.717, 1.165) is 39.4 Å². The Labute approximate surface area is 386 Å². The van der Waals surface area contributed by atoms with Gasteiger partial charge in [0.15, 0.2) is 5.82 Å². The SMILES string of the molecule is c1ccc(-c2cc(-n3c4ccccc4c4ccc5c(c43)-c3ccccc3C53c4ccccc4-c4c3ccc3c5ccccc5n(-c5ccc6ccccc6c5)c43)nc(-c3ccccc3)n2)cc1. The fourth-order valence-corrected chi connectivity index (χ4v) is 12.1. The van der Waals surface area contributed by atoms with E-state index in [1.54, 1.807) is 0 Å². The van der Waals surface area contributed by atoms with Gasteiger partial charge in [-0.15, -0.1) is 0 Å². The zero-order chi connectivity index (χ0) is 43.8. The van der Waals surface area contributed by atoms with E-state index in [2.05, 4.69) is 234 Å². The minimum Gasteiger partial charge on any atom is -0.309 e. The molecule has 0 saturated heterocycles. The van der Waals surface area contributed by atoms with Gasteiger partial charge in [0.25, 0.3) is 0 Å². The summed E-state index contributed by atoms with van der Waals surface area (Å²) in [7, 11) is 0. The van der Waals surface area contributed by atoms with Crippen LogP contribution in [0.5, 0.6) is 0 Å². The third-order valence-corrected chi connectivity index (χ3v) is 14.7. The van der Waals surface area contributed by atoms with Gasteiger partial charge in [-0.25, -0.2) is 9.97 Å². The van der Waals surface area contributed by atoms with Crippen molar-refractivity contribution in [3.05, 3.63) is 253 Å². The van der Waals surface area contributed by atoms with Crippen molar-refractivity contribution in [3.8, 4) is 56.4 Å². The monoisotopic (exact) mass is 850 g/mol. The predicted octanol–water partition coefficient (Wildman–Crippen LogP) is 15.5. The predicted molar refractivity (Wildman–Crippen MR) is 275 cm³/mol. The van der Waals surface area contributed by atoms with Gasteiger partial charge in [0.05, 0.1) is 33.2 Å². The molecule has 67 heavy (non-hydrogen) atoms. The van der Waals surface area contributed by atoms with Gasteiger partial charge >= 0.3 is 0 Å². The Morgan fingerprint density at radius 1 is 0.343 bits per heavy atom. The van der Waals surface area contributed by atoms with Crippen molar-refractivity contribution in [1.82, 2.24) is 19.1 Å². The van der Waals surface area contributed by atoms with E-state index in [9.17, 15) is 0 Å². The van der Waals surface area contributed by atoms with Crippen LogP contribution < -0.4 is 0 Å². The molecule has 0 bridgehead atoms. The molecule has 0 fully saturated rings. The molecule has 0 aliphatic heterocycles. The first-order chi connectivity index (χ1) is 33.3. The number of hydrogen-bond donors (Lipinski definition) is 0. The minimum atomic E-state index is -0.595. The highest BCUT2D eigenvalue weighted by atomic mass is 15.1. The van der Waals surface area contributed by atoms with Crippen LogP contribution in [0, 0.1) is 0 Å². The molecule has 1 spiro atoms. The summed E-state index contributed by atoms with van der Waals surface area (Å²) in [5.74, 6) is 1.52. The molecule has 13 aromatic rings. The van der Waals surface area contributed by atoms with Crippen molar-refractivity contribution in [2.75, 3.05) is 0 Å². The lowest BCUT2D eigenvalue weighted by atomic mass is 9.70. The molecule has 2 aliphatic rings. The van der Waals surface area contributed by atoms with Crippen molar-refractivity contribution in [1.29, 1.82) is 0 Å². The zero-order valence-corrected chi connectivity index (χ0v) is 36.2. The molecule has 15 rings (SSSR count). The second-order valence-electron chi connectivity index (χ2n) is 18.0. The normalized spacial score (nSPS) is 14.6. The van der Waals surface area contributed by atoms with Gasteiger partial charge in [-0.3, -0.25) is 4.57 Å². The topological polar surface area (TPSA) is 35.6 Å². The molecule has 0 saturated carbocycles. The molecule has 0 amide bonds. The van der Waals surface area contributed by atoms with Crippen molar-refractivity contribution in [2.24, 2.45) is 0 Å². The van der Waals surface area contributed by atoms with Gasteiger partial charge in [0, 0.05) is 55.6 Å². The Morgan fingerprint density at radius 2 is 0.866 bits per heavy atom. The zero-order valence-electron chi connectivity index (χ0n) is 36.2. The maximum Gasteiger partial charge on any atom is 0.162 e. The third-order valence-electron chi connectivity index (χ3n) is 14.7. The lowest BCUT2D eigenvalue weighted by molar-refractivity contribution is 0.794. The number of nitrogens with zero attached hydrogens (tertiary/aromatic N) is 4. The van der Waals surface area contributed by atoms with E-state index < -0.39 is 5.41 Å². The van der Waals surface area contributed by atoms with E-state index in [0.29, 0.717) is 5.82 Å². The standard InChI is InChI=1S/C63H38N4/c1-3-18-40(19-4-1)54-38-57(65-62(64-54)41-20-5-2-6-21-41)67-56-30-16-12-24-45(56)47-34-36-53-59(61(47)67)49-26-10-14-28-51(49)63(53)50-27-13-9-25-48(50)58-52(63)35-33-46-44-23-11-15-29-55(44)66(60(46)58)43-32-31-39-17-7-8-22-42(39)37-43/h1-38H. The van der Waals surface area contributed by atoms with Gasteiger partial charge < -0.3 is 4.57 Å². The number of hydrogen-bond acceptors (Lipinski definition) is 2. The second kappa shape index (κ2) is 13.6. The number of fused-ring (bicyclic) bond motifs is 19. The molecule has 2 aliphatic carbocycles. The van der Waals surface area contributed by atoms with E-state index in [1.807, 2.05) is 6.07 Å². The fraction of sp³-hybridized carbons (Fsp3) is 0.0159. The Bertz CT molecular complexity index is 4160. The molecule has 0 radical (unpaired) electrons. The maximum atomic E-state index is 5.48. The molecular formula is C63H38N4. The Hall–Kier alpha value is -8.86. The quantitative estimate of drug-likeness (QED) is 0.177. The molecule has 310 valence electrons. The molecule has 1 atom stereocenters. The summed E-state index contributed by atoms with van der Waals surface area (Å²) in [6.45, 7) is 0. The van der Waals surface area contributed by atoms with Gasteiger partial charge in [-0.2, -0.15) is 0 Å². The van der Waals surface area contributed by atoms with Crippen LogP contribution in [0.15, 0.2) is 231 Å². The number of aromatic nitrogens is 4. The second-order valence-corrected chi connectivity index (χ2v) is 18.0. The highest BCUT2D eigenvalue weighted by molar-refractivity contribution is 6.19. The van der Waals surface area contributed by atoms with Gasteiger partial charge in [-0.1, -0.05) is 200 Å². The lowest BCUT2D eigenvalue weighted by Gasteiger charge is -2.30. The minimum absolute atomic E-state index is 0.595. The summed E-state index contributed by atoms with van der Waals surface area (Å²) in [4.78, 5) is 10.7. The smallest absolute Gasteiger partial charge is 0.162 e. The van der Waals surface area contributed by atoms with Crippen LogP contribution in [0.1, 0.15) is 22.3 Å². The number of benzene rings is 10. The number of para-hydroxylation sites is 2. The average molecular weight is 851 g/mol. The third kappa shape index (κ3) is 4.86. The molecular weight excluding hydrogens is 813 g/mol. The van der Waals surface area contributed by atoms with Gasteiger partial charge in [-0.05, 0) is 68.4 Å². The van der Waals surface area contributed by atoms with E-state index in [4.69, 9.17) is 9.97 Å². The lowest BCUT2D eigenvalue weighted by Crippen LogP contribution is -2.25. The van der Waals surface area contributed by atoms with Crippen LogP contribution in [0.3, 0.4) is 0 Å². The van der Waals surface area contributed by atoms with E-state index in [1.165, 1.54) is 87.9 Å². The molecule has 1 unspecified atom stereocenters. The fourth-order valence-electron chi connectivity index (χ4n) is 12.1. The summed E-state index contributed by atoms with van der Waals surface area (Å²) in [5.41, 5.74) is 18.4. The van der Waals surface area contributed by atoms with Crippen LogP contribution in [-0.2, 0) is 5.41 Å². The average Bonchev–Trinajstić information content (AvgIpc) is 4.11. The van der Waals surface area contributed by atoms with Crippen molar-refractivity contribution in [3.63, 3.8) is 0 Å². The van der Waals surface area contributed by atoms with E-state index in [-0.39, 0.29) is 0 Å². The van der Waals surface area contributed by atoms with Crippen molar-refractivity contribution >= 4 is 54.4 Å². The molecule has 0 N–H and O–H groups in total. The molecule has 10 aromatic carbocycles. The van der Waals surface area contributed by atoms with Crippen LogP contribution in [0.2, 0.25) is 0 Å². The molecule has 4 nitrogen and oxygen atoms in total. The Balaban J connectivity index is 1.08. The van der Waals surface area contributed by atoms with Gasteiger partial charge in [0.1, 0.15) is 5.82 Å². The summed E-state index contributed by atoms with van der Waals surface area (Å²) >= 11 is 0. The van der Waals surface area contributed by atoms with Crippen LogP contribution in [0.4, 0.5) is 0 Å².